The maximum absolute atomic E-state index is 12.0. The number of methoxy groups -OCH3 is 1. The number of rotatable bonds is 6. The summed E-state index contributed by atoms with van der Waals surface area (Å²) in [5.74, 6) is 0.645. The monoisotopic (exact) mass is 270 g/mol. The molecule has 1 heterocycles. The molecular weight excluding hydrogens is 244 g/mol. The van der Waals surface area contributed by atoms with Crippen molar-refractivity contribution in [3.8, 4) is 0 Å². The second-order valence-corrected chi connectivity index (χ2v) is 5.53. The van der Waals surface area contributed by atoms with Gasteiger partial charge in [0.15, 0.2) is 0 Å². The van der Waals surface area contributed by atoms with Crippen LogP contribution in [-0.4, -0.2) is 51.5 Å². The molecule has 0 bridgehead atoms. The number of hydrogen-bond acceptors (Lipinski definition) is 4. The SMILES string of the molecule is COCCNC[C@H]1OCC(C2CCCCC2)NC1=O. The molecule has 19 heavy (non-hydrogen) atoms. The first-order valence-electron chi connectivity index (χ1n) is 7.43. The average molecular weight is 270 g/mol. The van der Waals surface area contributed by atoms with Crippen LogP contribution in [0.2, 0.25) is 0 Å². The Bertz CT molecular complexity index is 280. The minimum Gasteiger partial charge on any atom is -0.383 e. The Morgan fingerprint density at radius 2 is 2.16 bits per heavy atom. The van der Waals surface area contributed by atoms with E-state index in [1.54, 1.807) is 7.11 Å². The Hall–Kier alpha value is -0.650. The molecule has 110 valence electrons. The summed E-state index contributed by atoms with van der Waals surface area (Å²) in [4.78, 5) is 12.0. The van der Waals surface area contributed by atoms with Crippen LogP contribution < -0.4 is 10.6 Å². The fourth-order valence-electron chi connectivity index (χ4n) is 2.96. The smallest absolute Gasteiger partial charge is 0.250 e. The minimum atomic E-state index is -0.350. The summed E-state index contributed by atoms with van der Waals surface area (Å²) in [7, 11) is 1.67. The van der Waals surface area contributed by atoms with Gasteiger partial charge in [0.05, 0.1) is 19.3 Å². The first-order valence-corrected chi connectivity index (χ1v) is 7.43. The second kappa shape index (κ2) is 7.82. The van der Waals surface area contributed by atoms with Gasteiger partial charge in [0.2, 0.25) is 0 Å². The third-order valence-electron chi connectivity index (χ3n) is 4.13. The van der Waals surface area contributed by atoms with Crippen molar-refractivity contribution < 1.29 is 14.3 Å². The van der Waals surface area contributed by atoms with Crippen molar-refractivity contribution in [3.63, 3.8) is 0 Å². The van der Waals surface area contributed by atoms with E-state index >= 15 is 0 Å². The van der Waals surface area contributed by atoms with Crippen LogP contribution in [0, 0.1) is 5.92 Å². The molecule has 1 aliphatic heterocycles. The molecule has 5 nitrogen and oxygen atoms in total. The van der Waals surface area contributed by atoms with Gasteiger partial charge in [-0.25, -0.2) is 0 Å². The van der Waals surface area contributed by atoms with Gasteiger partial charge in [0, 0.05) is 20.2 Å². The standard InChI is InChI=1S/C14H26N2O3/c1-18-8-7-15-9-13-14(17)16-12(10-19-13)11-5-3-2-4-6-11/h11-13,15H,2-10H2,1H3,(H,16,17)/t12?,13-/m1/s1. The molecule has 5 heteroatoms. The first-order chi connectivity index (χ1) is 9.31. The summed E-state index contributed by atoms with van der Waals surface area (Å²) in [6, 6.07) is 0.225. The highest BCUT2D eigenvalue weighted by atomic mass is 16.5. The van der Waals surface area contributed by atoms with E-state index in [0.29, 0.717) is 25.7 Å². The zero-order valence-electron chi connectivity index (χ0n) is 11.8. The second-order valence-electron chi connectivity index (χ2n) is 5.53. The number of nitrogens with one attached hydrogen (secondary N) is 2. The third-order valence-corrected chi connectivity index (χ3v) is 4.13. The highest BCUT2D eigenvalue weighted by Gasteiger charge is 2.33. The Morgan fingerprint density at radius 1 is 1.37 bits per heavy atom. The maximum atomic E-state index is 12.0. The van der Waals surface area contributed by atoms with E-state index in [-0.39, 0.29) is 18.1 Å². The molecule has 1 amide bonds. The van der Waals surface area contributed by atoms with Gasteiger partial charge in [-0.1, -0.05) is 19.3 Å². The lowest BCUT2D eigenvalue weighted by Crippen LogP contribution is -2.56. The van der Waals surface area contributed by atoms with Gasteiger partial charge in [-0.15, -0.1) is 0 Å². The Kier molecular flexibility index (Phi) is 6.07. The molecular formula is C14H26N2O3. The topological polar surface area (TPSA) is 59.6 Å². The molecule has 2 atom stereocenters. The summed E-state index contributed by atoms with van der Waals surface area (Å²) in [5.41, 5.74) is 0. The molecule has 1 saturated heterocycles. The van der Waals surface area contributed by atoms with Crippen LogP contribution in [0.4, 0.5) is 0 Å². The summed E-state index contributed by atoms with van der Waals surface area (Å²) < 4.78 is 10.7. The summed E-state index contributed by atoms with van der Waals surface area (Å²) in [6.07, 6.45) is 6.02. The van der Waals surface area contributed by atoms with Crippen LogP contribution in [0.1, 0.15) is 32.1 Å². The molecule has 1 aliphatic carbocycles. The van der Waals surface area contributed by atoms with Crippen molar-refractivity contribution in [2.24, 2.45) is 5.92 Å². The van der Waals surface area contributed by atoms with Gasteiger partial charge < -0.3 is 20.1 Å². The lowest BCUT2D eigenvalue weighted by atomic mass is 9.83. The third kappa shape index (κ3) is 4.44. The number of carbonyl (C=O) groups excluding carboxylic acids is 1. The van der Waals surface area contributed by atoms with E-state index in [4.69, 9.17) is 9.47 Å². The van der Waals surface area contributed by atoms with Crippen molar-refractivity contribution in [1.82, 2.24) is 10.6 Å². The van der Waals surface area contributed by atoms with Gasteiger partial charge in [0.1, 0.15) is 6.10 Å². The largest absolute Gasteiger partial charge is 0.383 e. The van der Waals surface area contributed by atoms with Gasteiger partial charge in [-0.2, -0.15) is 0 Å². The molecule has 2 N–H and O–H groups in total. The van der Waals surface area contributed by atoms with Crippen molar-refractivity contribution in [3.05, 3.63) is 0 Å². The van der Waals surface area contributed by atoms with Crippen LogP contribution in [0.15, 0.2) is 0 Å². The number of carbonyl (C=O) groups is 1. The van der Waals surface area contributed by atoms with Crippen molar-refractivity contribution in [2.75, 3.05) is 33.4 Å². The van der Waals surface area contributed by atoms with E-state index in [9.17, 15) is 4.79 Å². The van der Waals surface area contributed by atoms with Gasteiger partial charge in [-0.3, -0.25) is 4.79 Å². The normalized spacial score (nSPS) is 29.2. The number of hydrogen-bond donors (Lipinski definition) is 2. The summed E-state index contributed by atoms with van der Waals surface area (Å²) in [5, 5.41) is 6.31. The quantitative estimate of drug-likeness (QED) is 0.697. The Balaban J connectivity index is 1.70. The highest BCUT2D eigenvalue weighted by Crippen LogP contribution is 2.27. The van der Waals surface area contributed by atoms with Crippen LogP contribution >= 0.6 is 0 Å². The molecule has 0 aromatic heterocycles. The molecule has 1 unspecified atom stereocenters. The molecule has 0 spiro atoms. The molecule has 0 radical (unpaired) electrons. The lowest BCUT2D eigenvalue weighted by molar-refractivity contribution is -0.142. The van der Waals surface area contributed by atoms with E-state index in [2.05, 4.69) is 10.6 Å². The zero-order valence-corrected chi connectivity index (χ0v) is 11.8. The number of amides is 1. The fourth-order valence-corrected chi connectivity index (χ4v) is 2.96. The predicted molar refractivity (Wildman–Crippen MR) is 73.0 cm³/mol. The molecule has 2 aliphatic rings. The minimum absolute atomic E-state index is 0.0340. The van der Waals surface area contributed by atoms with E-state index in [0.717, 1.165) is 6.54 Å². The van der Waals surface area contributed by atoms with Crippen LogP contribution in [-0.2, 0) is 14.3 Å². The molecule has 1 saturated carbocycles. The lowest BCUT2D eigenvalue weighted by Gasteiger charge is -2.36. The molecule has 2 rings (SSSR count). The van der Waals surface area contributed by atoms with Crippen molar-refractivity contribution in [1.29, 1.82) is 0 Å². The first kappa shape index (κ1) is 14.8. The molecule has 0 aromatic carbocycles. The van der Waals surface area contributed by atoms with Crippen molar-refractivity contribution >= 4 is 5.91 Å². The van der Waals surface area contributed by atoms with Crippen molar-refractivity contribution in [2.45, 2.75) is 44.2 Å². The van der Waals surface area contributed by atoms with Crippen LogP contribution in [0.3, 0.4) is 0 Å². The summed E-state index contributed by atoms with van der Waals surface area (Å²) >= 11 is 0. The average Bonchev–Trinajstić information content (AvgIpc) is 2.46. The van der Waals surface area contributed by atoms with Crippen LogP contribution in [0.5, 0.6) is 0 Å². The summed E-state index contributed by atoms with van der Waals surface area (Å²) in [6.45, 7) is 2.62. The van der Waals surface area contributed by atoms with Gasteiger partial charge >= 0.3 is 0 Å². The Labute approximate surface area is 115 Å². The fraction of sp³-hybridized carbons (Fsp3) is 0.929. The van der Waals surface area contributed by atoms with Crippen LogP contribution in [0.25, 0.3) is 0 Å². The van der Waals surface area contributed by atoms with E-state index in [1.807, 2.05) is 0 Å². The van der Waals surface area contributed by atoms with E-state index < -0.39 is 0 Å². The Morgan fingerprint density at radius 3 is 2.84 bits per heavy atom. The zero-order chi connectivity index (χ0) is 13.5. The highest BCUT2D eigenvalue weighted by molar-refractivity contribution is 5.82. The predicted octanol–water partition coefficient (Wildman–Crippen LogP) is 0.686. The van der Waals surface area contributed by atoms with Gasteiger partial charge in [0.25, 0.3) is 5.91 Å². The number of morpholine rings is 1. The van der Waals surface area contributed by atoms with Gasteiger partial charge in [-0.05, 0) is 18.8 Å². The van der Waals surface area contributed by atoms with E-state index in [1.165, 1.54) is 32.1 Å². The molecule has 0 aromatic rings. The number of ether oxygens (including phenoxy) is 2. The molecule has 2 fully saturated rings. The maximum Gasteiger partial charge on any atom is 0.250 e.